The molecule has 80 heavy (non-hydrogen) atoms. The van der Waals surface area contributed by atoms with E-state index in [0.29, 0.717) is 60.1 Å². The predicted octanol–water partition coefficient (Wildman–Crippen LogP) is 13.7. The van der Waals surface area contributed by atoms with Crippen molar-refractivity contribution >= 4 is 39.6 Å². The number of ether oxygens (including phenoxy) is 1. The van der Waals surface area contributed by atoms with Crippen molar-refractivity contribution in [1.82, 2.24) is 46.4 Å². The second-order valence-corrected chi connectivity index (χ2v) is 23.8. The molecule has 0 radical (unpaired) electrons. The summed E-state index contributed by atoms with van der Waals surface area (Å²) in [4.78, 5) is 31.9. The average molecular weight is 1210 g/mol. The van der Waals surface area contributed by atoms with E-state index >= 15 is 0 Å². The van der Waals surface area contributed by atoms with Crippen molar-refractivity contribution in [2.75, 3.05) is 32.7 Å². The standard InChI is InChI=1S/C65H89FIN9O4/c1-14-17-31-65(13,67)57(15-2)51(12)75(16-3)33-26-20-22-28-45(6)69-37-48(9)70-39-49(10)73-61(52-29-23-18-24-30-52)50(11)72-38-47(8)68-32-25-19-21-27-46(7)71-40-54-53-34-44(5)58(66)36-59(53)74-62-55(54)41-76-60(62)35-43(4)56(63(76)77)42-80-64(78)79/h16,18,23-24,29-30,34-36,57,61,68-73H,3,6-12,14-15,17,19-22,25-28,31-33,37-42H2,1-2,4-5,13H3,(H,78,79). The summed E-state index contributed by atoms with van der Waals surface area (Å²) >= 11 is 2.65. The van der Waals surface area contributed by atoms with Crippen molar-refractivity contribution in [1.29, 1.82) is 0 Å². The van der Waals surface area contributed by atoms with Crippen LogP contribution in [0.2, 0.25) is 0 Å². The van der Waals surface area contributed by atoms with Gasteiger partial charge in [0.1, 0.15) is 12.4 Å². The number of pyridine rings is 2. The molecular weight excluding hydrogens is 1120 g/mol. The first-order valence-corrected chi connectivity index (χ1v) is 29.3. The van der Waals surface area contributed by atoms with Crippen LogP contribution < -0.4 is 37.5 Å². The van der Waals surface area contributed by atoms with E-state index in [1.165, 1.54) is 31.0 Å². The fourth-order valence-corrected chi connectivity index (χ4v) is 11.4. The lowest BCUT2D eigenvalue weighted by atomic mass is 9.85. The molecule has 1 aliphatic heterocycles. The average Bonchev–Trinajstić information content (AvgIpc) is 4.06. The maximum absolute atomic E-state index is 14.9. The summed E-state index contributed by atoms with van der Waals surface area (Å²) in [7, 11) is 0. The van der Waals surface area contributed by atoms with Crippen LogP contribution in [0.1, 0.15) is 137 Å². The van der Waals surface area contributed by atoms with Crippen LogP contribution in [0, 0.1) is 25.6 Å². The molecule has 0 spiro atoms. The fourth-order valence-electron chi connectivity index (χ4n) is 10.2. The SMILES string of the molecule is C=CN(CCCCCC(=C)NCC(=C)NCC(=C)NC(C(=C)NCC(=C)NCCCCCC(=C)NCc1c2c(nc3cc(F)c(C)cc13)-c1cc(C)c(COC(=O)O)c(=O)n1C2)c1ccccc1)C(=C)C(CC)C(C)(I)CCCC. The number of rotatable bonds is 39. The van der Waals surface area contributed by atoms with Crippen LogP contribution in [0.4, 0.5) is 9.18 Å². The molecule has 2 aromatic heterocycles. The molecular formula is C65H89FIN9O4. The van der Waals surface area contributed by atoms with Crippen LogP contribution >= 0.6 is 22.6 Å². The highest BCUT2D eigenvalue weighted by molar-refractivity contribution is 14.1. The van der Waals surface area contributed by atoms with Crippen molar-refractivity contribution < 1.29 is 19.0 Å². The number of carbonyl (C=O) groups is 1. The third-order valence-corrected chi connectivity index (χ3v) is 16.3. The molecule has 0 bridgehead atoms. The number of hydrogen-bond acceptors (Lipinski definition) is 11. The second-order valence-electron chi connectivity index (χ2n) is 21.4. The van der Waals surface area contributed by atoms with Gasteiger partial charge in [-0.2, -0.15) is 0 Å². The molecule has 3 heterocycles. The maximum Gasteiger partial charge on any atom is 0.506 e. The molecule has 0 fully saturated rings. The molecule has 3 unspecified atom stereocenters. The summed E-state index contributed by atoms with van der Waals surface area (Å²) in [6, 6.07) is 15.0. The number of benzene rings is 2. The van der Waals surface area contributed by atoms with Gasteiger partial charge in [0.25, 0.3) is 5.56 Å². The van der Waals surface area contributed by atoms with E-state index in [1.807, 2.05) is 30.5 Å². The lowest BCUT2D eigenvalue weighted by Gasteiger charge is -2.38. The number of hydrogen-bond donors (Lipinski definition) is 7. The van der Waals surface area contributed by atoms with Gasteiger partial charge in [0.05, 0.1) is 54.7 Å². The monoisotopic (exact) mass is 1210 g/mol. The highest BCUT2D eigenvalue weighted by Crippen LogP contribution is 2.41. The largest absolute Gasteiger partial charge is 0.506 e. The number of nitrogens with zero attached hydrogens (tertiary/aromatic N) is 3. The summed E-state index contributed by atoms with van der Waals surface area (Å²) < 4.78 is 21.4. The van der Waals surface area contributed by atoms with Crippen LogP contribution in [-0.4, -0.2) is 61.9 Å². The summed E-state index contributed by atoms with van der Waals surface area (Å²) in [5, 5.41) is 30.7. The van der Waals surface area contributed by atoms with Gasteiger partial charge in [-0.25, -0.2) is 14.2 Å². The van der Waals surface area contributed by atoms with Crippen molar-refractivity contribution in [3.8, 4) is 11.4 Å². The number of halogens is 2. The molecule has 0 saturated heterocycles. The third kappa shape index (κ3) is 18.4. The van der Waals surface area contributed by atoms with Gasteiger partial charge in [-0.1, -0.05) is 145 Å². The molecule has 0 saturated carbocycles. The Labute approximate surface area is 489 Å². The Bertz CT molecular complexity index is 2950. The Morgan fingerprint density at radius 3 is 2.16 bits per heavy atom. The zero-order valence-electron chi connectivity index (χ0n) is 48.4. The number of fused-ring (bicyclic) bond motifs is 4. The second kappa shape index (κ2) is 31.3. The molecule has 4 aromatic rings. The molecule has 0 aliphatic carbocycles. The van der Waals surface area contributed by atoms with E-state index in [-0.39, 0.29) is 39.6 Å². The van der Waals surface area contributed by atoms with E-state index in [1.54, 1.807) is 24.5 Å². The fraction of sp³-hybridized carbons (Fsp3) is 0.431. The molecule has 7 N–H and O–H groups in total. The maximum atomic E-state index is 14.9. The Kier molecular flexibility index (Phi) is 25.1. The van der Waals surface area contributed by atoms with Crippen molar-refractivity contribution in [2.24, 2.45) is 5.92 Å². The summed E-state index contributed by atoms with van der Waals surface area (Å²) in [5.74, 6) is 0.0606. The highest BCUT2D eigenvalue weighted by atomic mass is 127. The topological polar surface area (TPSA) is 157 Å². The van der Waals surface area contributed by atoms with Gasteiger partial charge in [0, 0.05) is 85.9 Å². The number of carboxylic acid groups (broad SMARTS) is 1. The number of nitrogens with one attached hydrogen (secondary N) is 6. The minimum absolute atomic E-state index is 0.184. The third-order valence-electron chi connectivity index (χ3n) is 15.0. The molecule has 5 rings (SSSR count). The molecule has 2 aromatic carbocycles. The Hall–Kier alpha value is -6.75. The van der Waals surface area contributed by atoms with Crippen LogP contribution in [-0.2, 0) is 24.4 Å². The van der Waals surface area contributed by atoms with Crippen molar-refractivity contribution in [2.45, 2.75) is 141 Å². The molecule has 1 aliphatic rings. The zero-order chi connectivity index (χ0) is 58.5. The van der Waals surface area contributed by atoms with Crippen LogP contribution in [0.5, 0.6) is 0 Å². The zero-order valence-corrected chi connectivity index (χ0v) is 50.6. The van der Waals surface area contributed by atoms with Crippen molar-refractivity contribution in [3.63, 3.8) is 0 Å². The van der Waals surface area contributed by atoms with Gasteiger partial charge < -0.3 is 51.2 Å². The van der Waals surface area contributed by atoms with E-state index in [9.17, 15) is 14.0 Å². The van der Waals surface area contributed by atoms with Crippen molar-refractivity contribution in [3.05, 3.63) is 197 Å². The first kappa shape index (κ1) is 64.1. The Balaban J connectivity index is 0.993. The van der Waals surface area contributed by atoms with E-state index in [4.69, 9.17) is 14.8 Å². The smallest absolute Gasteiger partial charge is 0.450 e. The Morgan fingerprint density at radius 2 is 1.49 bits per heavy atom. The predicted molar refractivity (Wildman–Crippen MR) is 338 cm³/mol. The van der Waals surface area contributed by atoms with Crippen LogP contribution in [0.25, 0.3) is 22.3 Å². The molecule has 432 valence electrons. The summed E-state index contributed by atoms with van der Waals surface area (Å²) in [6.45, 7) is 48.4. The van der Waals surface area contributed by atoms with E-state index < -0.39 is 6.16 Å². The van der Waals surface area contributed by atoms with Gasteiger partial charge in [-0.3, -0.25) is 4.79 Å². The van der Waals surface area contributed by atoms with Crippen LogP contribution in [0.15, 0.2) is 152 Å². The molecule has 13 nitrogen and oxygen atoms in total. The summed E-state index contributed by atoms with van der Waals surface area (Å²) in [5.41, 5.74) is 11.9. The van der Waals surface area contributed by atoms with Gasteiger partial charge in [-0.15, -0.1) is 0 Å². The van der Waals surface area contributed by atoms with Gasteiger partial charge in [0.15, 0.2) is 0 Å². The minimum Gasteiger partial charge on any atom is -0.450 e. The first-order chi connectivity index (χ1) is 38.2. The Morgan fingerprint density at radius 1 is 0.838 bits per heavy atom. The minimum atomic E-state index is -1.45. The van der Waals surface area contributed by atoms with Crippen LogP contribution in [0.3, 0.4) is 0 Å². The van der Waals surface area contributed by atoms with Gasteiger partial charge in [-0.05, 0) is 113 Å². The quantitative estimate of drug-likeness (QED) is 0.00866. The molecule has 0 amide bonds. The van der Waals surface area contributed by atoms with E-state index in [2.05, 4.69) is 145 Å². The first-order valence-electron chi connectivity index (χ1n) is 28.3. The number of aromatic nitrogens is 2. The number of aryl methyl sites for hydroxylation is 2. The lowest BCUT2D eigenvalue weighted by molar-refractivity contribution is 0.0848. The molecule has 15 heteroatoms. The lowest BCUT2D eigenvalue weighted by Crippen LogP contribution is -2.34. The van der Waals surface area contributed by atoms with Gasteiger partial charge in [0.2, 0.25) is 0 Å². The number of unbranched alkanes of at least 4 members (excludes halogenated alkanes) is 5. The molecule has 3 atom stereocenters. The van der Waals surface area contributed by atoms with E-state index in [0.717, 1.165) is 127 Å². The normalized spacial score (nSPS) is 12.9. The number of allylic oxidation sites excluding steroid dienone is 3. The van der Waals surface area contributed by atoms with Gasteiger partial charge >= 0.3 is 6.16 Å². The number of alkyl halides is 1. The summed E-state index contributed by atoms with van der Waals surface area (Å²) in [6.07, 6.45) is 12.9. The highest BCUT2D eigenvalue weighted by Gasteiger charge is 2.33.